The number of anilines is 1. The number of carbonyl (C=O) groups is 2. The Morgan fingerprint density at radius 2 is 2.09 bits per heavy atom. The largest absolute Gasteiger partial charge is 0.352 e. The Labute approximate surface area is 138 Å². The van der Waals surface area contributed by atoms with E-state index in [1.54, 1.807) is 34.2 Å². The minimum absolute atomic E-state index is 0.0615. The van der Waals surface area contributed by atoms with Gasteiger partial charge in [0, 0.05) is 41.8 Å². The summed E-state index contributed by atoms with van der Waals surface area (Å²) in [6.07, 6.45) is 0.197. The predicted octanol–water partition coefficient (Wildman–Crippen LogP) is 2.00. The lowest BCUT2D eigenvalue weighted by Crippen LogP contribution is -2.23. The summed E-state index contributed by atoms with van der Waals surface area (Å²) in [4.78, 5) is 35.3. The second-order valence-corrected chi connectivity index (χ2v) is 5.85. The number of rotatable bonds is 6. The average Bonchev–Trinajstić information content (AvgIpc) is 2.84. The maximum Gasteiger partial charge on any atom is 0.307 e. The summed E-state index contributed by atoms with van der Waals surface area (Å²) in [5.41, 5.74) is 1.91. The minimum atomic E-state index is -0.199. The fourth-order valence-electron chi connectivity index (χ4n) is 2.11. The third-order valence-corrected chi connectivity index (χ3v) is 4.17. The molecule has 0 spiro atoms. The van der Waals surface area contributed by atoms with E-state index in [1.807, 2.05) is 13.8 Å². The van der Waals surface area contributed by atoms with Gasteiger partial charge in [0.15, 0.2) is 0 Å². The maximum absolute atomic E-state index is 12.0. The van der Waals surface area contributed by atoms with Gasteiger partial charge >= 0.3 is 4.87 Å². The zero-order valence-electron chi connectivity index (χ0n) is 13.1. The van der Waals surface area contributed by atoms with Gasteiger partial charge in [0.05, 0.1) is 0 Å². The summed E-state index contributed by atoms with van der Waals surface area (Å²) >= 11 is 1.13. The molecule has 0 aliphatic heterocycles. The molecule has 2 amide bonds. The molecule has 0 saturated carbocycles. The molecule has 0 radical (unpaired) electrons. The van der Waals surface area contributed by atoms with Gasteiger partial charge in [0.25, 0.3) is 5.91 Å². The summed E-state index contributed by atoms with van der Waals surface area (Å²) in [6, 6.07) is 6.76. The van der Waals surface area contributed by atoms with Gasteiger partial charge in [-0.1, -0.05) is 17.4 Å². The molecule has 122 valence electrons. The van der Waals surface area contributed by atoms with Crippen LogP contribution in [0, 0.1) is 6.92 Å². The summed E-state index contributed by atoms with van der Waals surface area (Å²) in [5, 5.41) is 7.23. The Morgan fingerprint density at radius 1 is 1.30 bits per heavy atom. The van der Waals surface area contributed by atoms with E-state index >= 15 is 0 Å². The molecule has 0 bridgehead atoms. The van der Waals surface area contributed by atoms with Crippen molar-refractivity contribution in [3.8, 4) is 0 Å². The van der Waals surface area contributed by atoms with Crippen LogP contribution in [0.3, 0.4) is 0 Å². The maximum atomic E-state index is 12.0. The van der Waals surface area contributed by atoms with Gasteiger partial charge in [0.1, 0.15) is 0 Å². The molecule has 6 nitrogen and oxygen atoms in total. The van der Waals surface area contributed by atoms with E-state index in [-0.39, 0.29) is 23.1 Å². The summed E-state index contributed by atoms with van der Waals surface area (Å²) in [7, 11) is 0. The second kappa shape index (κ2) is 7.73. The van der Waals surface area contributed by atoms with Gasteiger partial charge in [-0.2, -0.15) is 0 Å². The van der Waals surface area contributed by atoms with Gasteiger partial charge in [-0.05, 0) is 32.0 Å². The quantitative estimate of drug-likeness (QED) is 0.848. The third-order valence-electron chi connectivity index (χ3n) is 3.28. The molecule has 23 heavy (non-hydrogen) atoms. The van der Waals surface area contributed by atoms with Crippen LogP contribution in [0.5, 0.6) is 0 Å². The molecule has 2 rings (SSSR count). The van der Waals surface area contributed by atoms with Crippen molar-refractivity contribution >= 4 is 28.8 Å². The van der Waals surface area contributed by atoms with Crippen LogP contribution in [0.25, 0.3) is 0 Å². The van der Waals surface area contributed by atoms with Crippen molar-refractivity contribution in [2.24, 2.45) is 0 Å². The van der Waals surface area contributed by atoms with Crippen molar-refractivity contribution in [2.45, 2.75) is 26.8 Å². The first kappa shape index (κ1) is 17.0. The normalized spacial score (nSPS) is 10.3. The topological polar surface area (TPSA) is 80.2 Å². The van der Waals surface area contributed by atoms with Crippen LogP contribution in [-0.4, -0.2) is 22.9 Å². The lowest BCUT2D eigenvalue weighted by molar-refractivity contribution is -0.116. The van der Waals surface area contributed by atoms with Crippen LogP contribution in [-0.2, 0) is 11.3 Å². The van der Waals surface area contributed by atoms with Crippen LogP contribution in [0.15, 0.2) is 34.4 Å². The molecular weight excluding hydrogens is 314 g/mol. The molecule has 1 aromatic heterocycles. The molecule has 0 aliphatic rings. The number of aryl methyl sites for hydroxylation is 1. The highest BCUT2D eigenvalue weighted by molar-refractivity contribution is 7.07. The van der Waals surface area contributed by atoms with Crippen LogP contribution in [0.4, 0.5) is 5.69 Å². The fraction of sp³-hybridized carbons (Fsp3) is 0.312. The van der Waals surface area contributed by atoms with Crippen molar-refractivity contribution < 1.29 is 9.59 Å². The van der Waals surface area contributed by atoms with E-state index in [4.69, 9.17) is 0 Å². The SMILES string of the molecule is CCNC(=O)c1cccc(NC(=O)CCn2c(C)csc2=O)c1. The Balaban J connectivity index is 1.96. The first-order valence-electron chi connectivity index (χ1n) is 7.34. The van der Waals surface area contributed by atoms with E-state index in [9.17, 15) is 14.4 Å². The molecule has 2 N–H and O–H groups in total. The van der Waals surface area contributed by atoms with Crippen LogP contribution < -0.4 is 15.5 Å². The number of amides is 2. The van der Waals surface area contributed by atoms with Gasteiger partial charge < -0.3 is 15.2 Å². The minimum Gasteiger partial charge on any atom is -0.352 e. The van der Waals surface area contributed by atoms with Gasteiger partial charge in [0.2, 0.25) is 5.91 Å². The zero-order valence-corrected chi connectivity index (χ0v) is 13.9. The predicted molar refractivity (Wildman–Crippen MR) is 91.0 cm³/mol. The van der Waals surface area contributed by atoms with Gasteiger partial charge in [-0.15, -0.1) is 0 Å². The molecule has 0 aliphatic carbocycles. The van der Waals surface area contributed by atoms with E-state index in [0.717, 1.165) is 17.0 Å². The van der Waals surface area contributed by atoms with Crippen LogP contribution in [0.1, 0.15) is 29.4 Å². The third kappa shape index (κ3) is 4.53. The molecule has 1 aromatic carbocycles. The summed E-state index contributed by atoms with van der Waals surface area (Å²) < 4.78 is 1.58. The van der Waals surface area contributed by atoms with Crippen molar-refractivity contribution in [3.05, 3.63) is 50.6 Å². The summed E-state index contributed by atoms with van der Waals surface area (Å²) in [5.74, 6) is -0.375. The zero-order chi connectivity index (χ0) is 16.8. The van der Waals surface area contributed by atoms with E-state index in [0.29, 0.717) is 24.3 Å². The Morgan fingerprint density at radius 3 is 2.74 bits per heavy atom. The number of hydrogen-bond donors (Lipinski definition) is 2. The van der Waals surface area contributed by atoms with E-state index in [1.165, 1.54) is 0 Å². The highest BCUT2D eigenvalue weighted by Gasteiger charge is 2.09. The van der Waals surface area contributed by atoms with Gasteiger partial charge in [-0.25, -0.2) is 0 Å². The first-order chi connectivity index (χ1) is 11.0. The highest BCUT2D eigenvalue weighted by atomic mass is 32.1. The molecule has 0 saturated heterocycles. The molecule has 2 aromatic rings. The van der Waals surface area contributed by atoms with Crippen molar-refractivity contribution in [3.63, 3.8) is 0 Å². The van der Waals surface area contributed by atoms with E-state index in [2.05, 4.69) is 10.6 Å². The number of thiazole rings is 1. The second-order valence-electron chi connectivity index (χ2n) is 5.03. The van der Waals surface area contributed by atoms with Crippen molar-refractivity contribution in [2.75, 3.05) is 11.9 Å². The van der Waals surface area contributed by atoms with Crippen LogP contribution in [0.2, 0.25) is 0 Å². The fourth-order valence-corrected chi connectivity index (χ4v) is 2.87. The highest BCUT2D eigenvalue weighted by Crippen LogP contribution is 2.11. The molecule has 7 heteroatoms. The first-order valence-corrected chi connectivity index (χ1v) is 8.22. The molecule has 0 fully saturated rings. The van der Waals surface area contributed by atoms with E-state index < -0.39 is 0 Å². The Hall–Kier alpha value is -2.41. The average molecular weight is 333 g/mol. The number of aromatic nitrogens is 1. The Kier molecular flexibility index (Phi) is 5.70. The number of nitrogens with one attached hydrogen (secondary N) is 2. The molecular formula is C16H19N3O3S. The smallest absolute Gasteiger partial charge is 0.307 e. The monoisotopic (exact) mass is 333 g/mol. The number of benzene rings is 1. The Bertz CT molecular complexity index is 764. The number of nitrogens with zero attached hydrogens (tertiary/aromatic N) is 1. The molecule has 1 heterocycles. The lowest BCUT2D eigenvalue weighted by atomic mass is 10.2. The number of hydrogen-bond acceptors (Lipinski definition) is 4. The van der Waals surface area contributed by atoms with Crippen molar-refractivity contribution in [1.29, 1.82) is 0 Å². The molecule has 0 unspecified atom stereocenters. The summed E-state index contributed by atoms with van der Waals surface area (Å²) in [6.45, 7) is 4.57. The molecule has 0 atom stereocenters. The van der Waals surface area contributed by atoms with Gasteiger partial charge in [-0.3, -0.25) is 14.4 Å². The standard InChI is InChI=1S/C16H19N3O3S/c1-3-17-15(21)12-5-4-6-13(9-12)18-14(20)7-8-19-11(2)10-23-16(19)22/h4-6,9-10H,3,7-8H2,1-2H3,(H,17,21)(H,18,20). The van der Waals surface area contributed by atoms with Crippen LogP contribution >= 0.6 is 11.3 Å². The number of carbonyl (C=O) groups excluding carboxylic acids is 2. The van der Waals surface area contributed by atoms with Crippen molar-refractivity contribution in [1.82, 2.24) is 9.88 Å². The lowest BCUT2D eigenvalue weighted by Gasteiger charge is -2.08.